The number of benzene rings is 2. The van der Waals surface area contributed by atoms with Crippen LogP contribution in [0.1, 0.15) is 16.2 Å². The zero-order valence-electron chi connectivity index (χ0n) is 15.2. The molecule has 29 heavy (non-hydrogen) atoms. The number of nitrogens with one attached hydrogen (secondary N) is 2. The largest absolute Gasteiger partial charge is 0.326 e. The van der Waals surface area contributed by atoms with Gasteiger partial charge in [0.2, 0.25) is 5.91 Å². The molecule has 0 aliphatic heterocycles. The highest BCUT2D eigenvalue weighted by Gasteiger charge is 2.14. The summed E-state index contributed by atoms with van der Waals surface area (Å²) in [5.74, 6) is -0.101. The molecule has 0 atom stereocenters. The van der Waals surface area contributed by atoms with Crippen LogP contribution in [0.3, 0.4) is 0 Å². The number of amides is 2. The molecule has 2 amide bonds. The molecule has 0 radical (unpaired) electrons. The average Bonchev–Trinajstić information content (AvgIpc) is 3.10. The van der Waals surface area contributed by atoms with Crippen LogP contribution in [0, 0.1) is 0 Å². The first-order chi connectivity index (χ1) is 14.1. The first-order valence-electron chi connectivity index (χ1n) is 8.84. The minimum atomic E-state index is -0.263. The molecular formula is C21H16ClN5O2. The Balaban J connectivity index is 1.52. The van der Waals surface area contributed by atoms with Crippen molar-refractivity contribution in [3.05, 3.63) is 89.3 Å². The molecule has 2 aromatic carbocycles. The van der Waals surface area contributed by atoms with Crippen LogP contribution in [0.25, 0.3) is 5.65 Å². The summed E-state index contributed by atoms with van der Waals surface area (Å²) in [6.45, 7) is 0. The first-order valence-corrected chi connectivity index (χ1v) is 9.22. The maximum atomic E-state index is 12.5. The Morgan fingerprint density at radius 2 is 1.69 bits per heavy atom. The lowest BCUT2D eigenvalue weighted by atomic mass is 10.2. The van der Waals surface area contributed by atoms with Crippen molar-refractivity contribution in [3.63, 3.8) is 0 Å². The average molecular weight is 406 g/mol. The number of nitrogens with zero attached hydrogens (tertiary/aromatic N) is 3. The van der Waals surface area contributed by atoms with Crippen molar-refractivity contribution in [1.82, 2.24) is 14.6 Å². The van der Waals surface area contributed by atoms with E-state index in [0.717, 1.165) is 0 Å². The Morgan fingerprint density at radius 3 is 2.48 bits per heavy atom. The predicted octanol–water partition coefficient (Wildman–Crippen LogP) is 3.82. The molecular weight excluding hydrogens is 390 g/mol. The number of hydrogen-bond donors (Lipinski definition) is 2. The van der Waals surface area contributed by atoms with E-state index < -0.39 is 0 Å². The standard InChI is InChI=1S/C21H16ClN5O2/c22-15-5-4-8-17(11-15)23-20(28)12-19-26-25-18-10-9-14(13-27(18)19)21(29)24-16-6-2-1-3-7-16/h1-11,13H,12H2,(H,23,28)(H,24,29). The lowest BCUT2D eigenvalue weighted by Crippen LogP contribution is -2.17. The number of anilines is 2. The van der Waals surface area contributed by atoms with E-state index >= 15 is 0 Å². The molecule has 0 aliphatic carbocycles. The van der Waals surface area contributed by atoms with Crippen LogP contribution >= 0.6 is 11.6 Å². The number of carbonyl (C=O) groups excluding carboxylic acids is 2. The van der Waals surface area contributed by atoms with Crippen LogP contribution in [0.5, 0.6) is 0 Å². The maximum absolute atomic E-state index is 12.5. The molecule has 144 valence electrons. The summed E-state index contributed by atoms with van der Waals surface area (Å²) < 4.78 is 1.64. The van der Waals surface area contributed by atoms with E-state index in [1.807, 2.05) is 18.2 Å². The molecule has 2 heterocycles. The molecule has 4 aromatic rings. The number of pyridine rings is 1. The second kappa shape index (κ2) is 8.12. The quantitative estimate of drug-likeness (QED) is 0.528. The highest BCUT2D eigenvalue weighted by atomic mass is 35.5. The highest BCUT2D eigenvalue weighted by Crippen LogP contribution is 2.16. The zero-order valence-corrected chi connectivity index (χ0v) is 15.9. The van der Waals surface area contributed by atoms with Gasteiger partial charge in [-0.1, -0.05) is 35.9 Å². The van der Waals surface area contributed by atoms with Gasteiger partial charge in [0, 0.05) is 22.6 Å². The van der Waals surface area contributed by atoms with E-state index in [1.165, 1.54) is 0 Å². The number of hydrogen-bond acceptors (Lipinski definition) is 4. The van der Waals surface area contributed by atoms with Crippen molar-refractivity contribution in [3.8, 4) is 0 Å². The van der Waals surface area contributed by atoms with Gasteiger partial charge in [-0.2, -0.15) is 0 Å². The summed E-state index contributed by atoms with van der Waals surface area (Å²) in [6.07, 6.45) is 1.62. The number of fused-ring (bicyclic) bond motifs is 1. The molecule has 4 rings (SSSR count). The molecule has 8 heteroatoms. The van der Waals surface area contributed by atoms with E-state index in [1.54, 1.807) is 59.1 Å². The van der Waals surface area contributed by atoms with Crippen LogP contribution in [0.2, 0.25) is 5.02 Å². The van der Waals surface area contributed by atoms with Crippen LogP contribution in [-0.4, -0.2) is 26.4 Å². The van der Waals surface area contributed by atoms with Crippen molar-refractivity contribution in [2.75, 3.05) is 10.6 Å². The Bertz CT molecular complexity index is 1190. The Hall–Kier alpha value is -3.71. The molecule has 0 saturated heterocycles. The van der Waals surface area contributed by atoms with Crippen LogP contribution in [-0.2, 0) is 11.2 Å². The minimum Gasteiger partial charge on any atom is -0.326 e. The Labute approximate surface area is 171 Å². The summed E-state index contributed by atoms with van der Waals surface area (Å²) in [5, 5.41) is 14.3. The SMILES string of the molecule is O=C(Cc1nnc2ccc(C(=O)Nc3ccccc3)cn12)Nc1cccc(Cl)c1. The van der Waals surface area contributed by atoms with Gasteiger partial charge in [-0.05, 0) is 42.5 Å². The molecule has 0 bridgehead atoms. The summed E-state index contributed by atoms with van der Waals surface area (Å²) in [7, 11) is 0. The predicted molar refractivity (Wildman–Crippen MR) is 111 cm³/mol. The van der Waals surface area contributed by atoms with Gasteiger partial charge in [0.05, 0.1) is 12.0 Å². The van der Waals surface area contributed by atoms with Gasteiger partial charge in [0.15, 0.2) is 5.65 Å². The fourth-order valence-electron chi connectivity index (χ4n) is 2.83. The van der Waals surface area contributed by atoms with Crippen molar-refractivity contribution < 1.29 is 9.59 Å². The van der Waals surface area contributed by atoms with Gasteiger partial charge in [0.1, 0.15) is 5.82 Å². The van der Waals surface area contributed by atoms with E-state index in [0.29, 0.717) is 33.4 Å². The third-order valence-electron chi connectivity index (χ3n) is 4.19. The molecule has 2 N–H and O–H groups in total. The smallest absolute Gasteiger partial charge is 0.257 e. The number of para-hydroxylation sites is 1. The van der Waals surface area contributed by atoms with Gasteiger partial charge in [0.25, 0.3) is 5.91 Å². The van der Waals surface area contributed by atoms with Crippen molar-refractivity contribution in [2.45, 2.75) is 6.42 Å². The van der Waals surface area contributed by atoms with Crippen LogP contribution < -0.4 is 10.6 Å². The molecule has 0 fully saturated rings. The van der Waals surface area contributed by atoms with Gasteiger partial charge in [-0.3, -0.25) is 14.0 Å². The van der Waals surface area contributed by atoms with Crippen LogP contribution in [0.15, 0.2) is 72.9 Å². The van der Waals surface area contributed by atoms with E-state index in [-0.39, 0.29) is 18.2 Å². The molecule has 7 nitrogen and oxygen atoms in total. The van der Waals surface area contributed by atoms with Gasteiger partial charge in [-0.25, -0.2) is 0 Å². The Kier molecular flexibility index (Phi) is 5.22. The lowest BCUT2D eigenvalue weighted by Gasteiger charge is -2.07. The summed E-state index contributed by atoms with van der Waals surface area (Å²) in [4.78, 5) is 24.9. The number of aromatic nitrogens is 3. The maximum Gasteiger partial charge on any atom is 0.257 e. The molecule has 0 spiro atoms. The van der Waals surface area contributed by atoms with Gasteiger partial charge in [-0.15, -0.1) is 10.2 Å². The van der Waals surface area contributed by atoms with Gasteiger partial charge >= 0.3 is 0 Å². The second-order valence-electron chi connectivity index (χ2n) is 6.32. The van der Waals surface area contributed by atoms with Crippen LogP contribution in [0.4, 0.5) is 11.4 Å². The highest BCUT2D eigenvalue weighted by molar-refractivity contribution is 6.30. The second-order valence-corrected chi connectivity index (χ2v) is 6.75. The third kappa shape index (κ3) is 4.41. The molecule has 0 unspecified atom stereocenters. The van der Waals surface area contributed by atoms with E-state index in [4.69, 9.17) is 11.6 Å². The Morgan fingerprint density at radius 1 is 0.897 bits per heavy atom. The lowest BCUT2D eigenvalue weighted by molar-refractivity contribution is -0.115. The monoisotopic (exact) mass is 405 g/mol. The topological polar surface area (TPSA) is 88.4 Å². The fraction of sp³-hybridized carbons (Fsp3) is 0.0476. The minimum absolute atomic E-state index is 0.00254. The summed E-state index contributed by atoms with van der Waals surface area (Å²) in [5.41, 5.74) is 2.27. The zero-order chi connectivity index (χ0) is 20.2. The number of rotatable bonds is 5. The normalized spacial score (nSPS) is 10.7. The van der Waals surface area contributed by atoms with E-state index in [2.05, 4.69) is 20.8 Å². The van der Waals surface area contributed by atoms with Crippen molar-refractivity contribution in [1.29, 1.82) is 0 Å². The van der Waals surface area contributed by atoms with Crippen molar-refractivity contribution >= 4 is 40.4 Å². The fourth-order valence-corrected chi connectivity index (χ4v) is 3.02. The number of halogens is 1. The molecule has 0 saturated carbocycles. The van der Waals surface area contributed by atoms with E-state index in [9.17, 15) is 9.59 Å². The molecule has 0 aliphatic rings. The first kappa shape index (κ1) is 18.6. The van der Waals surface area contributed by atoms with Crippen molar-refractivity contribution in [2.24, 2.45) is 0 Å². The summed E-state index contributed by atoms with van der Waals surface area (Å²) in [6, 6.07) is 19.4. The molecule has 2 aromatic heterocycles. The third-order valence-corrected chi connectivity index (χ3v) is 4.43. The summed E-state index contributed by atoms with van der Waals surface area (Å²) >= 11 is 5.94. The van der Waals surface area contributed by atoms with Gasteiger partial charge < -0.3 is 10.6 Å². The number of carbonyl (C=O) groups is 2.